The highest BCUT2D eigenvalue weighted by Gasteiger charge is 2.25. The van der Waals surface area contributed by atoms with Crippen LogP contribution in [0.3, 0.4) is 0 Å². The van der Waals surface area contributed by atoms with E-state index in [1.165, 1.54) is 0 Å². The van der Waals surface area contributed by atoms with Crippen LogP contribution in [0.1, 0.15) is 32.9 Å². The summed E-state index contributed by atoms with van der Waals surface area (Å²) in [6.07, 6.45) is 0. The molecule has 0 saturated carbocycles. The molecule has 24 aromatic rings. The van der Waals surface area contributed by atoms with Gasteiger partial charge in [-0.25, -0.2) is 0 Å². The summed E-state index contributed by atoms with van der Waals surface area (Å²) in [6.45, 7) is 0. The molecule has 1 nitrogen and oxygen atoms in total. The van der Waals surface area contributed by atoms with Gasteiger partial charge in [-0.05, 0) is 245 Å². The van der Waals surface area contributed by atoms with Crippen LogP contribution in [0.4, 0.5) is 0 Å². The second-order valence-corrected chi connectivity index (χ2v) is 29.3. The fraction of sp³-hybridized carbons (Fsp3) is 0. The first kappa shape index (κ1) is 49.3. The van der Waals surface area contributed by atoms with Gasteiger partial charge in [0.2, 0.25) is 0 Å². The van der Waals surface area contributed by atoms with Crippen molar-refractivity contribution >= 4 is 130 Å². The van der Waals surface area contributed by atoms with Crippen molar-refractivity contribution in [3.8, 4) is 100 Å². The highest BCUT2D eigenvalue weighted by atomic mass is 16.3. The molecule has 0 unspecified atom stereocenters. The first-order chi connectivity index (χ1) is 69.0. The molecule has 0 aliphatic rings. The molecule has 0 atom stereocenters. The smallest absolute Gasteiger partial charge is 0.136 e. The van der Waals surface area contributed by atoms with Gasteiger partial charge in [0.05, 0.1) is 32.9 Å². The predicted octanol–water partition coefficient (Wildman–Crippen LogP) is 33.5. The fourth-order valence-electron chi connectivity index (χ4n) is 17.4. The highest BCUT2D eigenvalue weighted by molar-refractivity contribution is 6.27. The summed E-state index contributed by atoms with van der Waals surface area (Å²) in [7, 11) is 0. The molecule has 1 heterocycles. The van der Waals surface area contributed by atoms with Crippen LogP contribution in [0.25, 0.3) is 230 Å². The number of hydrogen-bond acceptors (Lipinski definition) is 1. The normalized spacial score (nSPS) is 14.4. The Morgan fingerprint density at radius 1 is 0.151 bits per heavy atom. The average molecular weight is 1530 g/mol. The summed E-state index contributed by atoms with van der Waals surface area (Å²) in [5, 5.41) is 11.5. The van der Waals surface area contributed by atoms with Crippen LogP contribution in [-0.2, 0) is 0 Å². The van der Waals surface area contributed by atoms with E-state index >= 15 is 0 Å². The van der Waals surface area contributed by atoms with Gasteiger partial charge >= 0.3 is 0 Å². The summed E-state index contributed by atoms with van der Waals surface area (Å²) >= 11 is 0. The van der Waals surface area contributed by atoms with Crippen LogP contribution in [0, 0.1) is 0 Å². The Morgan fingerprint density at radius 3 is 0.933 bits per heavy atom. The molecule has 23 aromatic carbocycles. The Labute approximate surface area is 724 Å². The number of fused-ring (bicyclic) bond motifs is 13. The van der Waals surface area contributed by atoms with E-state index in [1.807, 2.05) is 218 Å². The quantitative estimate of drug-likeness (QED) is 0.131. The van der Waals surface area contributed by atoms with Gasteiger partial charge < -0.3 is 4.42 Å². The molecule has 0 aliphatic carbocycles. The minimum absolute atomic E-state index is 0.168. The Bertz CT molecular complexity index is 9380. The topological polar surface area (TPSA) is 13.1 Å². The fourth-order valence-corrected chi connectivity index (χ4v) is 17.4. The monoisotopic (exact) mass is 1530 g/mol. The summed E-state index contributed by atoms with van der Waals surface area (Å²) in [4.78, 5) is 0. The molecule has 0 saturated heterocycles. The van der Waals surface area contributed by atoms with Crippen LogP contribution in [0.2, 0.25) is 0 Å². The van der Waals surface area contributed by atoms with Gasteiger partial charge in [-0.3, -0.25) is 0 Å². The lowest BCUT2D eigenvalue weighted by molar-refractivity contribution is 0.669. The van der Waals surface area contributed by atoms with E-state index < -0.39 is 72.5 Å². The Kier molecular flexibility index (Phi) is 12.4. The van der Waals surface area contributed by atoms with Crippen molar-refractivity contribution in [1.82, 2.24) is 0 Å². The molecule has 0 amide bonds. The van der Waals surface area contributed by atoms with E-state index in [0.717, 1.165) is 92.8 Å². The Morgan fingerprint density at radius 2 is 0.479 bits per heavy atom. The molecular weight excluding hydrogens is 1430 g/mol. The van der Waals surface area contributed by atoms with Crippen LogP contribution >= 0.6 is 0 Å². The first-order valence-electron chi connectivity index (χ1n) is 51.1. The van der Waals surface area contributed by atoms with Crippen LogP contribution in [0.5, 0.6) is 0 Å². The van der Waals surface area contributed by atoms with E-state index in [4.69, 9.17) is 31.8 Å². The lowest BCUT2D eigenvalue weighted by atomic mass is 9.83. The molecule has 0 bridgehead atoms. The first-order valence-corrected chi connectivity index (χ1v) is 39.1. The van der Waals surface area contributed by atoms with E-state index in [2.05, 4.69) is 48.5 Å². The van der Waals surface area contributed by atoms with Crippen molar-refractivity contribution in [1.29, 1.82) is 0 Å². The number of rotatable bonds is 9. The maximum absolute atomic E-state index is 9.57. The van der Waals surface area contributed by atoms with Crippen LogP contribution in [-0.4, -0.2) is 0 Å². The van der Waals surface area contributed by atoms with Crippen molar-refractivity contribution in [2.24, 2.45) is 0 Å². The zero-order valence-corrected chi connectivity index (χ0v) is 63.4. The van der Waals surface area contributed by atoms with Crippen molar-refractivity contribution < 1.29 is 37.3 Å². The van der Waals surface area contributed by atoms with E-state index in [1.54, 1.807) is 48.5 Å². The number of furan rings is 1. The predicted molar refractivity (Wildman–Crippen MR) is 511 cm³/mol. The van der Waals surface area contributed by atoms with Gasteiger partial charge in [0.15, 0.2) is 0 Å². The summed E-state index contributed by atoms with van der Waals surface area (Å²) in [5.41, 5.74) is 12.7. The van der Waals surface area contributed by atoms with Gasteiger partial charge in [-0.1, -0.05) is 418 Å². The van der Waals surface area contributed by atoms with Crippen molar-refractivity contribution in [3.63, 3.8) is 0 Å². The van der Waals surface area contributed by atoms with E-state index in [0.29, 0.717) is 72.3 Å². The average Bonchev–Trinajstić information content (AvgIpc) is 1.33. The molecule has 0 aliphatic heterocycles. The van der Waals surface area contributed by atoms with Crippen LogP contribution < -0.4 is 0 Å². The molecule has 554 valence electrons. The van der Waals surface area contributed by atoms with E-state index in [9.17, 15) is 5.48 Å². The van der Waals surface area contributed by atoms with Gasteiger partial charge in [0.1, 0.15) is 11.2 Å². The zero-order chi connectivity index (χ0) is 99.6. The third-order valence-corrected chi connectivity index (χ3v) is 22.6. The van der Waals surface area contributed by atoms with Crippen molar-refractivity contribution in [2.45, 2.75) is 0 Å². The van der Waals surface area contributed by atoms with Gasteiger partial charge in [0.25, 0.3) is 0 Å². The largest absolute Gasteiger partial charge is 0.456 e. The highest BCUT2D eigenvalue weighted by Crippen LogP contribution is 2.52. The minimum Gasteiger partial charge on any atom is -0.456 e. The second-order valence-electron chi connectivity index (χ2n) is 29.3. The molecule has 24 rings (SSSR count). The van der Waals surface area contributed by atoms with Crippen LogP contribution in [0.15, 0.2) is 465 Å². The maximum atomic E-state index is 9.57. The molecule has 0 radical (unpaired) electrons. The number of benzene rings is 23. The van der Waals surface area contributed by atoms with Gasteiger partial charge in [-0.2, -0.15) is 0 Å². The Hall–Kier alpha value is -15.5. The van der Waals surface area contributed by atoms with Crippen molar-refractivity contribution in [3.05, 3.63) is 460 Å². The molecular formula is C118H76O. The summed E-state index contributed by atoms with van der Waals surface area (Å²) < 4.78 is 221. The lowest BCUT2D eigenvalue weighted by Gasteiger charge is -2.20. The third kappa shape index (κ3) is 12.4. The molecule has 1 heteroatoms. The second kappa shape index (κ2) is 30.0. The molecule has 0 N–H and O–H groups in total. The molecule has 0 spiro atoms. The zero-order valence-electron chi connectivity index (χ0n) is 87.4. The van der Waals surface area contributed by atoms with Gasteiger partial charge in [-0.15, -0.1) is 0 Å². The standard InChI is InChI=1S/C54H34O.C34H22.C30H20/c1-4-16-35(17-5-1)38-28-30-49-48(33-38)54-50(55-49)31-29-42(36-18-6-2-7-19-36)53(54)47-34-40(32-39-22-10-11-23-41(39)47)52-45-26-14-12-24-43(45)51(37-20-8-3-9-21-37)44-25-13-15-27-46(44)52;1-2-12-25-22-26(21-20-23(25)10-1)33-29-15-5-7-17-31(29)34(32-18-8-6-16-30(32)33)28-19-9-13-24-11-3-4-14-27(24)28;1-2-11-22(12-3-1)29-25-14-6-8-16-27(25)30(28-17-9-7-15-26(28)29)24-19-18-21-10-4-5-13-23(21)20-24/h1-34H;1-22H;1-20H/i12D,13D,14D,15D,24D,25D,26D,27D;5D,6D,7D,8D,15D,16D,17D,18D;6D,7D,8D,9D,14D,15D,16D,17D. The Balaban J connectivity index is 0.000000128. The summed E-state index contributed by atoms with van der Waals surface area (Å²) in [5.74, 6) is 0. The number of hydrogen-bond donors (Lipinski definition) is 0. The lowest BCUT2D eigenvalue weighted by Crippen LogP contribution is -1.93. The van der Waals surface area contributed by atoms with E-state index in [-0.39, 0.29) is 137 Å². The summed E-state index contributed by atoms with van der Waals surface area (Å²) in [6, 6.07) is 92.5. The van der Waals surface area contributed by atoms with Crippen molar-refractivity contribution in [2.75, 3.05) is 0 Å². The third-order valence-electron chi connectivity index (χ3n) is 22.6. The maximum Gasteiger partial charge on any atom is 0.136 e. The minimum atomic E-state index is -0.441. The molecule has 0 fully saturated rings. The molecule has 119 heavy (non-hydrogen) atoms. The molecule has 1 aromatic heterocycles. The van der Waals surface area contributed by atoms with Gasteiger partial charge in [0, 0.05) is 16.3 Å². The SMILES string of the molecule is [2H]c1c([2H])c([2H])c2c(-c3cc(-c4c(-c5ccccc5)ccc5oc6ccc(-c7ccccc7)cc6c45)c4ccccc4c3)c3c([2H])c([2H])c([2H])c([2H])c3c(-c3ccccc3)c2c1[2H].[2H]c1c([2H])c([2H])c2c(-c3ccc4ccccc4c3)c3c([2H])c([2H])c([2H])c([2H])c3c(-c3ccccc3)c2c1[2H].[2H]c1c([2H])c([2H])c2c(-c3cccc4ccccc34)c3c([2H])c([2H])c([2H])c([2H])c3c(-c3ccc4ccccc4c3)c2c1[2H].